The standard InChI is InChI=1S/C18H29Cl/c1-6-10-13(5)18(19)17-15(8-3)11-14(7-2)12-16(17)9-4/h11-13,18H,6-10H2,1-5H3. The fourth-order valence-electron chi connectivity index (χ4n) is 2.88. The highest BCUT2D eigenvalue weighted by molar-refractivity contribution is 6.21. The number of halogens is 1. The average Bonchev–Trinajstić information content (AvgIpc) is 2.44. The molecule has 0 N–H and O–H groups in total. The van der Waals surface area contributed by atoms with Crippen LogP contribution in [0.25, 0.3) is 0 Å². The number of rotatable bonds is 7. The van der Waals surface area contributed by atoms with Gasteiger partial charge in [-0.25, -0.2) is 0 Å². The van der Waals surface area contributed by atoms with Crippen LogP contribution in [0.4, 0.5) is 0 Å². The lowest BCUT2D eigenvalue weighted by atomic mass is 9.86. The molecule has 0 radical (unpaired) electrons. The molecule has 0 saturated carbocycles. The summed E-state index contributed by atoms with van der Waals surface area (Å²) in [5, 5.41) is 0.163. The van der Waals surface area contributed by atoms with Crippen molar-refractivity contribution in [3.05, 3.63) is 34.4 Å². The molecule has 0 amide bonds. The Bertz CT molecular complexity index is 370. The quantitative estimate of drug-likeness (QED) is 0.530. The first kappa shape index (κ1) is 16.6. The number of alkyl halides is 1. The second kappa shape index (κ2) is 7.94. The molecule has 0 fully saturated rings. The minimum absolute atomic E-state index is 0.163. The normalized spacial score (nSPS) is 14.4. The van der Waals surface area contributed by atoms with Gasteiger partial charge in [0.15, 0.2) is 0 Å². The van der Waals surface area contributed by atoms with Crippen LogP contribution in [0.5, 0.6) is 0 Å². The summed E-state index contributed by atoms with van der Waals surface area (Å²) in [6.45, 7) is 11.2. The summed E-state index contributed by atoms with van der Waals surface area (Å²) in [5.41, 5.74) is 5.78. The number of aryl methyl sites for hydroxylation is 3. The van der Waals surface area contributed by atoms with Crippen LogP contribution in [0, 0.1) is 5.92 Å². The molecule has 2 atom stereocenters. The van der Waals surface area contributed by atoms with E-state index >= 15 is 0 Å². The summed E-state index contributed by atoms with van der Waals surface area (Å²) < 4.78 is 0. The van der Waals surface area contributed by atoms with Gasteiger partial charge < -0.3 is 0 Å². The zero-order valence-corrected chi connectivity index (χ0v) is 14.0. The zero-order chi connectivity index (χ0) is 14.4. The van der Waals surface area contributed by atoms with Gasteiger partial charge in [-0.3, -0.25) is 0 Å². The molecule has 0 bridgehead atoms. The van der Waals surface area contributed by atoms with E-state index in [1.54, 1.807) is 0 Å². The Balaban J connectivity index is 3.23. The van der Waals surface area contributed by atoms with E-state index in [-0.39, 0.29) is 5.38 Å². The Hall–Kier alpha value is -0.490. The highest BCUT2D eigenvalue weighted by Gasteiger charge is 2.21. The molecule has 0 spiro atoms. The third-order valence-corrected chi connectivity index (χ3v) is 4.75. The topological polar surface area (TPSA) is 0 Å². The van der Waals surface area contributed by atoms with E-state index in [0.717, 1.165) is 19.3 Å². The van der Waals surface area contributed by atoms with E-state index in [9.17, 15) is 0 Å². The average molecular weight is 281 g/mol. The number of benzene rings is 1. The van der Waals surface area contributed by atoms with Gasteiger partial charge in [0.05, 0.1) is 5.38 Å². The highest BCUT2D eigenvalue weighted by Crippen LogP contribution is 2.37. The van der Waals surface area contributed by atoms with Gasteiger partial charge in [0.2, 0.25) is 0 Å². The van der Waals surface area contributed by atoms with Gasteiger partial charge in [0, 0.05) is 0 Å². The molecular formula is C18H29Cl. The van der Waals surface area contributed by atoms with Crippen LogP contribution in [0.3, 0.4) is 0 Å². The van der Waals surface area contributed by atoms with Crippen molar-refractivity contribution < 1.29 is 0 Å². The molecule has 0 heterocycles. The van der Waals surface area contributed by atoms with Gasteiger partial charge in [-0.1, -0.05) is 53.2 Å². The lowest BCUT2D eigenvalue weighted by Gasteiger charge is -2.24. The fraction of sp³-hybridized carbons (Fsp3) is 0.667. The first-order valence-corrected chi connectivity index (χ1v) is 8.31. The Kier molecular flexibility index (Phi) is 6.93. The largest absolute Gasteiger partial charge is 0.118 e. The van der Waals surface area contributed by atoms with Gasteiger partial charge in [-0.2, -0.15) is 0 Å². The number of hydrogen-bond donors (Lipinski definition) is 0. The third kappa shape index (κ3) is 3.99. The predicted octanol–water partition coefficient (Wildman–Crippen LogP) is 6.09. The van der Waals surface area contributed by atoms with Crippen molar-refractivity contribution in [3.8, 4) is 0 Å². The molecule has 0 nitrogen and oxygen atoms in total. The SMILES string of the molecule is CCCC(C)C(Cl)c1c(CC)cc(CC)cc1CC. The smallest absolute Gasteiger partial charge is 0.0616 e. The fourth-order valence-corrected chi connectivity index (χ4v) is 3.29. The van der Waals surface area contributed by atoms with Crippen LogP contribution in [-0.4, -0.2) is 0 Å². The summed E-state index contributed by atoms with van der Waals surface area (Å²) >= 11 is 6.80. The Morgan fingerprint density at radius 1 is 0.947 bits per heavy atom. The predicted molar refractivity (Wildman–Crippen MR) is 87.2 cm³/mol. The first-order valence-electron chi connectivity index (χ1n) is 7.87. The molecule has 0 aliphatic carbocycles. The minimum atomic E-state index is 0.163. The second-order valence-electron chi connectivity index (χ2n) is 5.56. The van der Waals surface area contributed by atoms with E-state index in [2.05, 4.69) is 46.8 Å². The lowest BCUT2D eigenvalue weighted by Crippen LogP contribution is -2.10. The maximum atomic E-state index is 6.80. The van der Waals surface area contributed by atoms with Crippen LogP contribution in [-0.2, 0) is 19.3 Å². The molecule has 0 aliphatic heterocycles. The van der Waals surface area contributed by atoms with Gasteiger partial charge in [0.1, 0.15) is 0 Å². The van der Waals surface area contributed by atoms with Crippen molar-refractivity contribution in [2.45, 2.75) is 72.1 Å². The zero-order valence-electron chi connectivity index (χ0n) is 13.2. The molecule has 1 rings (SSSR count). The molecular weight excluding hydrogens is 252 g/mol. The van der Waals surface area contributed by atoms with Crippen molar-refractivity contribution in [1.82, 2.24) is 0 Å². The Labute approximate surface area is 124 Å². The molecule has 1 aromatic rings. The van der Waals surface area contributed by atoms with Crippen LogP contribution in [0.15, 0.2) is 12.1 Å². The summed E-state index contributed by atoms with van der Waals surface area (Å²) in [6, 6.07) is 4.73. The molecule has 2 unspecified atom stereocenters. The third-order valence-electron chi connectivity index (χ3n) is 4.10. The highest BCUT2D eigenvalue weighted by atomic mass is 35.5. The van der Waals surface area contributed by atoms with E-state index in [0.29, 0.717) is 5.92 Å². The van der Waals surface area contributed by atoms with Crippen LogP contribution in [0.2, 0.25) is 0 Å². The van der Waals surface area contributed by atoms with Gasteiger partial charge in [-0.05, 0) is 53.9 Å². The molecule has 1 aromatic carbocycles. The van der Waals surface area contributed by atoms with E-state index in [1.165, 1.54) is 35.1 Å². The monoisotopic (exact) mass is 280 g/mol. The van der Waals surface area contributed by atoms with Crippen molar-refractivity contribution in [3.63, 3.8) is 0 Å². The van der Waals surface area contributed by atoms with Gasteiger partial charge >= 0.3 is 0 Å². The summed E-state index contributed by atoms with van der Waals surface area (Å²) in [7, 11) is 0. The molecule has 1 heteroatoms. The van der Waals surface area contributed by atoms with E-state index < -0.39 is 0 Å². The Morgan fingerprint density at radius 3 is 1.84 bits per heavy atom. The number of hydrogen-bond acceptors (Lipinski definition) is 0. The van der Waals surface area contributed by atoms with Gasteiger partial charge in [0.25, 0.3) is 0 Å². The van der Waals surface area contributed by atoms with Crippen LogP contribution >= 0.6 is 11.6 Å². The van der Waals surface area contributed by atoms with E-state index in [4.69, 9.17) is 11.6 Å². The van der Waals surface area contributed by atoms with Crippen molar-refractivity contribution in [2.24, 2.45) is 5.92 Å². The minimum Gasteiger partial charge on any atom is -0.118 e. The molecule has 108 valence electrons. The summed E-state index contributed by atoms with van der Waals surface area (Å²) in [4.78, 5) is 0. The maximum absolute atomic E-state index is 6.80. The molecule has 0 saturated heterocycles. The van der Waals surface area contributed by atoms with Crippen molar-refractivity contribution in [2.75, 3.05) is 0 Å². The summed E-state index contributed by atoms with van der Waals surface area (Å²) in [5.74, 6) is 0.551. The van der Waals surface area contributed by atoms with Crippen LogP contribution < -0.4 is 0 Å². The Morgan fingerprint density at radius 2 is 1.47 bits per heavy atom. The first-order chi connectivity index (χ1) is 9.08. The maximum Gasteiger partial charge on any atom is 0.0616 e. The molecule has 0 aliphatic rings. The molecule has 0 aromatic heterocycles. The van der Waals surface area contributed by atoms with Crippen LogP contribution in [0.1, 0.15) is 75.1 Å². The van der Waals surface area contributed by atoms with Crippen molar-refractivity contribution in [1.29, 1.82) is 0 Å². The van der Waals surface area contributed by atoms with Crippen molar-refractivity contribution >= 4 is 11.6 Å². The lowest BCUT2D eigenvalue weighted by molar-refractivity contribution is 0.503. The second-order valence-corrected chi connectivity index (χ2v) is 6.03. The summed E-state index contributed by atoms with van der Waals surface area (Å²) in [6.07, 6.45) is 5.69. The van der Waals surface area contributed by atoms with Gasteiger partial charge in [-0.15, -0.1) is 11.6 Å². The van der Waals surface area contributed by atoms with E-state index in [1.807, 2.05) is 0 Å². The molecule has 19 heavy (non-hydrogen) atoms.